The van der Waals surface area contributed by atoms with Gasteiger partial charge >= 0.3 is 0 Å². The van der Waals surface area contributed by atoms with Crippen LogP contribution in [0.25, 0.3) is 0 Å². The first-order chi connectivity index (χ1) is 8.70. The van der Waals surface area contributed by atoms with Crippen molar-refractivity contribution in [2.75, 3.05) is 31.5 Å². The summed E-state index contributed by atoms with van der Waals surface area (Å²) in [5, 5.41) is 3.49. The predicted octanol–water partition coefficient (Wildman–Crippen LogP) is 2.07. The van der Waals surface area contributed by atoms with Crippen LogP contribution >= 0.6 is 12.2 Å². The Balaban J connectivity index is 1.92. The molecule has 1 atom stereocenters. The van der Waals surface area contributed by atoms with Crippen molar-refractivity contribution in [2.45, 2.75) is 13.3 Å². The zero-order valence-corrected chi connectivity index (χ0v) is 11.7. The zero-order valence-electron chi connectivity index (χ0n) is 10.9. The van der Waals surface area contributed by atoms with Gasteiger partial charge < -0.3 is 16.0 Å². The molecule has 1 saturated heterocycles. The minimum Gasteiger partial charge on any atom is -0.389 e. The molecular formula is C14H21N3S. The van der Waals surface area contributed by atoms with Crippen LogP contribution in [0.1, 0.15) is 18.9 Å². The van der Waals surface area contributed by atoms with Crippen molar-refractivity contribution in [3.05, 3.63) is 29.8 Å². The molecule has 0 bridgehead atoms. The second-order valence-electron chi connectivity index (χ2n) is 4.84. The van der Waals surface area contributed by atoms with Crippen LogP contribution in [0.3, 0.4) is 0 Å². The lowest BCUT2D eigenvalue weighted by Gasteiger charge is -2.16. The number of anilines is 1. The third-order valence-corrected chi connectivity index (χ3v) is 3.81. The first-order valence-corrected chi connectivity index (χ1v) is 6.96. The molecule has 3 nitrogen and oxygen atoms in total. The fourth-order valence-corrected chi connectivity index (χ4v) is 2.65. The molecule has 1 aromatic carbocycles. The predicted molar refractivity (Wildman–Crippen MR) is 81.0 cm³/mol. The van der Waals surface area contributed by atoms with Gasteiger partial charge in [-0.15, -0.1) is 0 Å². The van der Waals surface area contributed by atoms with Crippen molar-refractivity contribution in [1.29, 1.82) is 0 Å². The molecule has 1 heterocycles. The minimum absolute atomic E-state index is 0.458. The summed E-state index contributed by atoms with van der Waals surface area (Å²) in [5.74, 6) is 0.726. The summed E-state index contributed by atoms with van der Waals surface area (Å²) in [6.45, 7) is 6.78. The van der Waals surface area contributed by atoms with E-state index in [1.807, 2.05) is 24.3 Å². The Hall–Kier alpha value is -1.13. The van der Waals surface area contributed by atoms with Gasteiger partial charge in [0.15, 0.2) is 0 Å². The molecule has 18 heavy (non-hydrogen) atoms. The highest BCUT2D eigenvalue weighted by molar-refractivity contribution is 7.80. The summed E-state index contributed by atoms with van der Waals surface area (Å²) in [4.78, 5) is 2.95. The van der Waals surface area contributed by atoms with Crippen LogP contribution in [0, 0.1) is 5.92 Å². The van der Waals surface area contributed by atoms with Crippen molar-refractivity contribution in [3.63, 3.8) is 0 Å². The third kappa shape index (κ3) is 3.21. The first kappa shape index (κ1) is 13.3. The lowest BCUT2D eigenvalue weighted by molar-refractivity contribution is 0.345. The number of hydrogen-bond acceptors (Lipinski definition) is 3. The van der Waals surface area contributed by atoms with Gasteiger partial charge in [0.05, 0.1) is 0 Å². The van der Waals surface area contributed by atoms with Crippen molar-refractivity contribution in [2.24, 2.45) is 11.7 Å². The number of hydrogen-bond donors (Lipinski definition) is 2. The van der Waals surface area contributed by atoms with Gasteiger partial charge in [0.1, 0.15) is 4.99 Å². The maximum Gasteiger partial charge on any atom is 0.106 e. The highest BCUT2D eigenvalue weighted by atomic mass is 32.1. The summed E-state index contributed by atoms with van der Waals surface area (Å²) in [6.07, 6.45) is 1.27. The number of para-hydroxylation sites is 1. The van der Waals surface area contributed by atoms with Gasteiger partial charge in [0.25, 0.3) is 0 Å². The molecule has 4 heteroatoms. The van der Waals surface area contributed by atoms with Crippen LogP contribution in [-0.2, 0) is 0 Å². The number of rotatable bonds is 5. The second kappa shape index (κ2) is 6.16. The average Bonchev–Trinajstić information content (AvgIpc) is 2.84. The Morgan fingerprint density at radius 1 is 1.50 bits per heavy atom. The second-order valence-corrected chi connectivity index (χ2v) is 5.28. The molecular weight excluding hydrogens is 242 g/mol. The Morgan fingerprint density at radius 2 is 2.28 bits per heavy atom. The molecule has 1 fully saturated rings. The SMILES string of the molecule is CCN1CCC(CNc2ccccc2C(N)=S)C1. The van der Waals surface area contributed by atoms with Gasteiger partial charge in [-0.2, -0.15) is 0 Å². The van der Waals surface area contributed by atoms with E-state index >= 15 is 0 Å². The molecule has 0 radical (unpaired) electrons. The fourth-order valence-electron chi connectivity index (χ4n) is 2.47. The van der Waals surface area contributed by atoms with Crippen molar-refractivity contribution >= 4 is 22.9 Å². The van der Waals surface area contributed by atoms with Gasteiger partial charge in [0.2, 0.25) is 0 Å². The summed E-state index contributed by atoms with van der Waals surface area (Å²) in [5.41, 5.74) is 7.72. The highest BCUT2D eigenvalue weighted by Gasteiger charge is 2.20. The summed E-state index contributed by atoms with van der Waals surface area (Å²) < 4.78 is 0. The first-order valence-electron chi connectivity index (χ1n) is 6.55. The Bertz CT molecular complexity index is 419. The monoisotopic (exact) mass is 263 g/mol. The van der Waals surface area contributed by atoms with Gasteiger partial charge in [-0.1, -0.05) is 31.3 Å². The minimum atomic E-state index is 0.458. The summed E-state index contributed by atoms with van der Waals surface area (Å²) in [6, 6.07) is 7.99. The van der Waals surface area contributed by atoms with Gasteiger partial charge in [-0.25, -0.2) is 0 Å². The highest BCUT2D eigenvalue weighted by Crippen LogP contribution is 2.19. The number of nitrogens with zero attached hydrogens (tertiary/aromatic N) is 1. The van der Waals surface area contributed by atoms with E-state index in [2.05, 4.69) is 17.1 Å². The lowest BCUT2D eigenvalue weighted by Crippen LogP contribution is -2.23. The van der Waals surface area contributed by atoms with Gasteiger partial charge in [-0.3, -0.25) is 0 Å². The summed E-state index contributed by atoms with van der Waals surface area (Å²) >= 11 is 5.07. The number of thiocarbonyl (C=S) groups is 1. The van der Waals surface area contributed by atoms with E-state index in [-0.39, 0.29) is 0 Å². The van der Waals surface area contributed by atoms with Crippen LogP contribution < -0.4 is 11.1 Å². The number of nitrogens with two attached hydrogens (primary N) is 1. The Labute approximate surface area is 114 Å². The average molecular weight is 263 g/mol. The topological polar surface area (TPSA) is 41.3 Å². The van der Waals surface area contributed by atoms with E-state index in [4.69, 9.17) is 18.0 Å². The van der Waals surface area contributed by atoms with E-state index in [1.165, 1.54) is 19.5 Å². The molecule has 1 aliphatic rings. The molecule has 98 valence electrons. The molecule has 0 saturated carbocycles. The van der Waals surface area contributed by atoms with Crippen molar-refractivity contribution in [3.8, 4) is 0 Å². The lowest BCUT2D eigenvalue weighted by atomic mass is 10.1. The molecule has 0 amide bonds. The standard InChI is InChI=1S/C14H21N3S/c1-2-17-8-7-11(10-17)9-16-13-6-4-3-5-12(13)14(15)18/h3-6,11,16H,2,7-10H2,1H3,(H2,15,18). The maximum atomic E-state index is 5.73. The van der Waals surface area contributed by atoms with Crippen LogP contribution in [0.4, 0.5) is 5.69 Å². The fraction of sp³-hybridized carbons (Fsp3) is 0.500. The number of benzene rings is 1. The number of likely N-dealkylation sites (tertiary alicyclic amines) is 1. The Kier molecular flexibility index (Phi) is 4.55. The van der Waals surface area contributed by atoms with E-state index in [0.717, 1.165) is 30.3 Å². The largest absolute Gasteiger partial charge is 0.389 e. The smallest absolute Gasteiger partial charge is 0.106 e. The normalized spacial score (nSPS) is 19.9. The van der Waals surface area contributed by atoms with Gasteiger partial charge in [-0.05, 0) is 37.6 Å². The molecule has 1 aromatic rings. The van der Waals surface area contributed by atoms with Gasteiger partial charge in [0, 0.05) is 24.3 Å². The molecule has 3 N–H and O–H groups in total. The van der Waals surface area contributed by atoms with Crippen molar-refractivity contribution < 1.29 is 0 Å². The molecule has 2 rings (SSSR count). The Morgan fingerprint density at radius 3 is 2.94 bits per heavy atom. The molecule has 0 aliphatic carbocycles. The van der Waals surface area contributed by atoms with Crippen molar-refractivity contribution in [1.82, 2.24) is 4.90 Å². The molecule has 0 spiro atoms. The van der Waals surface area contributed by atoms with E-state index in [1.54, 1.807) is 0 Å². The van der Waals surface area contributed by atoms with Crippen LogP contribution in [0.15, 0.2) is 24.3 Å². The van der Waals surface area contributed by atoms with Crippen LogP contribution in [0.5, 0.6) is 0 Å². The molecule has 1 aliphatic heterocycles. The number of nitrogens with one attached hydrogen (secondary N) is 1. The maximum absolute atomic E-state index is 5.73. The van der Waals surface area contributed by atoms with Crippen LogP contribution in [-0.4, -0.2) is 36.1 Å². The van der Waals surface area contributed by atoms with E-state index < -0.39 is 0 Å². The van der Waals surface area contributed by atoms with E-state index in [9.17, 15) is 0 Å². The summed E-state index contributed by atoms with van der Waals surface area (Å²) in [7, 11) is 0. The van der Waals surface area contributed by atoms with Crippen LogP contribution in [0.2, 0.25) is 0 Å². The van der Waals surface area contributed by atoms with E-state index in [0.29, 0.717) is 4.99 Å². The quantitative estimate of drug-likeness (QED) is 0.798. The zero-order chi connectivity index (χ0) is 13.0. The third-order valence-electron chi connectivity index (χ3n) is 3.59. The molecule has 1 unspecified atom stereocenters. The molecule has 0 aromatic heterocycles.